The Bertz CT molecular complexity index is 981. The van der Waals surface area contributed by atoms with E-state index in [0.29, 0.717) is 11.4 Å². The normalized spacial score (nSPS) is 14.9. The summed E-state index contributed by atoms with van der Waals surface area (Å²) in [5.41, 5.74) is 0.778. The molecule has 0 unspecified atom stereocenters. The summed E-state index contributed by atoms with van der Waals surface area (Å²) in [5, 5.41) is 12.1. The van der Waals surface area contributed by atoms with Gasteiger partial charge in [-0.1, -0.05) is 32.0 Å². The van der Waals surface area contributed by atoms with Crippen LogP contribution in [-0.4, -0.2) is 35.0 Å². The van der Waals surface area contributed by atoms with E-state index in [-0.39, 0.29) is 29.6 Å². The van der Waals surface area contributed by atoms with Gasteiger partial charge in [0.2, 0.25) is 5.91 Å². The van der Waals surface area contributed by atoms with E-state index in [0.717, 1.165) is 5.56 Å². The number of nitrogens with one attached hydrogen (secondary N) is 1. The lowest BCUT2D eigenvalue weighted by Crippen LogP contribution is -2.54. The number of amides is 2. The molecule has 0 radical (unpaired) electrons. The zero-order valence-corrected chi connectivity index (χ0v) is 16.9. The fraction of sp³-hybridized carbons (Fsp3) is 0.318. The molecule has 0 saturated carbocycles. The Morgan fingerprint density at radius 3 is 2.52 bits per heavy atom. The number of aromatic carboxylic acids is 1. The van der Waals surface area contributed by atoms with Crippen LogP contribution in [0.5, 0.6) is 5.75 Å². The molecular formula is C22H24N2O5. The summed E-state index contributed by atoms with van der Waals surface area (Å²) in [6.45, 7) is 7.03. The van der Waals surface area contributed by atoms with Gasteiger partial charge < -0.3 is 15.2 Å². The molecule has 7 heteroatoms. The molecule has 0 aliphatic carbocycles. The van der Waals surface area contributed by atoms with Crippen LogP contribution in [0.1, 0.15) is 49.5 Å². The molecule has 29 heavy (non-hydrogen) atoms. The van der Waals surface area contributed by atoms with Crippen molar-refractivity contribution in [2.24, 2.45) is 0 Å². The SMILES string of the molecule is CC(C)c1ccccc1NC(=O)CN1C(=O)C(C)(C)Oc2ccc(C(=O)O)cc21. The van der Waals surface area contributed by atoms with Crippen LogP contribution in [0.4, 0.5) is 11.4 Å². The molecular weight excluding hydrogens is 372 g/mol. The molecule has 0 fully saturated rings. The number of para-hydroxylation sites is 1. The number of nitrogens with zero attached hydrogens (tertiary/aromatic N) is 1. The van der Waals surface area contributed by atoms with Gasteiger partial charge in [-0.2, -0.15) is 0 Å². The second-order valence-electron chi connectivity index (χ2n) is 7.78. The Kier molecular flexibility index (Phi) is 5.33. The monoisotopic (exact) mass is 396 g/mol. The Morgan fingerprint density at radius 2 is 1.86 bits per heavy atom. The summed E-state index contributed by atoms with van der Waals surface area (Å²) in [5.74, 6) is -1.35. The highest BCUT2D eigenvalue weighted by molar-refractivity contribution is 6.08. The second kappa shape index (κ2) is 7.58. The molecule has 3 rings (SSSR count). The number of carboxylic acids is 1. The third-order valence-corrected chi connectivity index (χ3v) is 4.78. The van der Waals surface area contributed by atoms with Crippen molar-refractivity contribution in [1.29, 1.82) is 0 Å². The van der Waals surface area contributed by atoms with Crippen molar-refractivity contribution in [3.8, 4) is 5.75 Å². The lowest BCUT2D eigenvalue weighted by molar-refractivity contribution is -0.133. The number of fused-ring (bicyclic) bond motifs is 1. The molecule has 0 spiro atoms. The lowest BCUT2D eigenvalue weighted by Gasteiger charge is -2.38. The molecule has 152 valence electrons. The van der Waals surface area contributed by atoms with E-state index in [1.165, 1.54) is 23.1 Å². The minimum Gasteiger partial charge on any atom is -0.478 e. The Morgan fingerprint density at radius 1 is 1.17 bits per heavy atom. The van der Waals surface area contributed by atoms with Crippen molar-refractivity contribution in [2.75, 3.05) is 16.8 Å². The van der Waals surface area contributed by atoms with E-state index in [1.807, 2.05) is 38.1 Å². The van der Waals surface area contributed by atoms with E-state index < -0.39 is 17.5 Å². The molecule has 2 amide bonds. The number of hydrogen-bond acceptors (Lipinski definition) is 4. The molecule has 0 saturated heterocycles. The highest BCUT2D eigenvalue weighted by Crippen LogP contribution is 2.38. The predicted octanol–water partition coefficient (Wildman–Crippen LogP) is 3.65. The number of carboxylic acid groups (broad SMARTS) is 1. The van der Waals surface area contributed by atoms with Crippen LogP contribution in [0.2, 0.25) is 0 Å². The molecule has 2 aromatic rings. The standard InChI is InChI=1S/C22H24N2O5/c1-13(2)15-7-5-6-8-16(15)23-19(25)12-24-17-11-14(20(26)27)9-10-18(17)29-22(3,4)21(24)28/h5-11,13H,12H2,1-4H3,(H,23,25)(H,26,27). The third kappa shape index (κ3) is 4.08. The Hall–Kier alpha value is -3.35. The summed E-state index contributed by atoms with van der Waals surface area (Å²) in [6, 6.07) is 11.8. The maximum absolute atomic E-state index is 12.9. The lowest BCUT2D eigenvalue weighted by atomic mass is 10.0. The van der Waals surface area contributed by atoms with Crippen molar-refractivity contribution in [1.82, 2.24) is 0 Å². The molecule has 1 heterocycles. The van der Waals surface area contributed by atoms with Crippen molar-refractivity contribution < 1.29 is 24.2 Å². The summed E-state index contributed by atoms with van der Waals surface area (Å²) < 4.78 is 5.73. The van der Waals surface area contributed by atoms with Crippen LogP contribution in [0, 0.1) is 0 Å². The van der Waals surface area contributed by atoms with Gasteiger partial charge >= 0.3 is 5.97 Å². The molecule has 2 aromatic carbocycles. The van der Waals surface area contributed by atoms with Gasteiger partial charge in [-0.3, -0.25) is 14.5 Å². The predicted molar refractivity (Wildman–Crippen MR) is 110 cm³/mol. The maximum Gasteiger partial charge on any atom is 0.335 e. The first-order valence-electron chi connectivity index (χ1n) is 9.37. The van der Waals surface area contributed by atoms with E-state index >= 15 is 0 Å². The molecule has 2 N–H and O–H groups in total. The van der Waals surface area contributed by atoms with Crippen LogP contribution in [0.25, 0.3) is 0 Å². The highest BCUT2D eigenvalue weighted by atomic mass is 16.5. The van der Waals surface area contributed by atoms with Crippen molar-refractivity contribution in [2.45, 2.75) is 39.2 Å². The number of ether oxygens (including phenoxy) is 1. The topological polar surface area (TPSA) is 95.9 Å². The molecule has 1 aliphatic heterocycles. The average Bonchev–Trinajstić information content (AvgIpc) is 2.65. The van der Waals surface area contributed by atoms with Crippen molar-refractivity contribution >= 4 is 29.2 Å². The summed E-state index contributed by atoms with van der Waals surface area (Å²) >= 11 is 0. The smallest absolute Gasteiger partial charge is 0.335 e. The van der Waals surface area contributed by atoms with Gasteiger partial charge in [-0.25, -0.2) is 4.79 Å². The van der Waals surface area contributed by atoms with Crippen LogP contribution in [0.3, 0.4) is 0 Å². The number of benzene rings is 2. The Labute approximate surface area is 169 Å². The van der Waals surface area contributed by atoms with Crippen molar-refractivity contribution in [3.63, 3.8) is 0 Å². The van der Waals surface area contributed by atoms with E-state index in [9.17, 15) is 19.5 Å². The molecule has 0 bridgehead atoms. The molecule has 1 aliphatic rings. The minimum absolute atomic E-state index is 0.00965. The fourth-order valence-electron chi connectivity index (χ4n) is 3.31. The van der Waals surface area contributed by atoms with Gasteiger partial charge in [0.15, 0.2) is 5.60 Å². The summed E-state index contributed by atoms with van der Waals surface area (Å²) in [7, 11) is 0. The number of carbonyl (C=O) groups is 3. The third-order valence-electron chi connectivity index (χ3n) is 4.78. The van der Waals surface area contributed by atoms with Crippen LogP contribution >= 0.6 is 0 Å². The number of rotatable bonds is 5. The minimum atomic E-state index is -1.17. The van der Waals surface area contributed by atoms with Gasteiger partial charge in [-0.15, -0.1) is 0 Å². The van der Waals surface area contributed by atoms with Gasteiger partial charge in [0.1, 0.15) is 12.3 Å². The number of carbonyl (C=O) groups excluding carboxylic acids is 2. The summed E-state index contributed by atoms with van der Waals surface area (Å²) in [4.78, 5) is 38.3. The van der Waals surface area contributed by atoms with Crippen LogP contribution in [0.15, 0.2) is 42.5 Å². The summed E-state index contributed by atoms with van der Waals surface area (Å²) in [6.07, 6.45) is 0. The number of hydrogen-bond donors (Lipinski definition) is 2. The van der Waals surface area contributed by atoms with Gasteiger partial charge in [0, 0.05) is 5.69 Å². The Balaban J connectivity index is 1.92. The highest BCUT2D eigenvalue weighted by Gasteiger charge is 2.41. The van der Waals surface area contributed by atoms with Crippen LogP contribution in [-0.2, 0) is 9.59 Å². The molecule has 0 atom stereocenters. The van der Waals surface area contributed by atoms with Crippen molar-refractivity contribution in [3.05, 3.63) is 53.6 Å². The van der Waals surface area contributed by atoms with E-state index in [2.05, 4.69) is 5.32 Å². The zero-order chi connectivity index (χ0) is 21.3. The van der Waals surface area contributed by atoms with Crippen LogP contribution < -0.4 is 15.0 Å². The van der Waals surface area contributed by atoms with E-state index in [4.69, 9.17) is 4.74 Å². The van der Waals surface area contributed by atoms with Gasteiger partial charge in [0.25, 0.3) is 5.91 Å². The average molecular weight is 396 g/mol. The second-order valence-corrected chi connectivity index (χ2v) is 7.78. The van der Waals surface area contributed by atoms with Gasteiger partial charge in [0.05, 0.1) is 11.3 Å². The molecule has 7 nitrogen and oxygen atoms in total. The quantitative estimate of drug-likeness (QED) is 0.804. The fourth-order valence-corrected chi connectivity index (χ4v) is 3.31. The maximum atomic E-state index is 12.9. The van der Waals surface area contributed by atoms with E-state index in [1.54, 1.807) is 13.8 Å². The first-order chi connectivity index (χ1) is 13.6. The molecule has 0 aromatic heterocycles. The first-order valence-corrected chi connectivity index (χ1v) is 9.37. The zero-order valence-electron chi connectivity index (χ0n) is 16.9. The largest absolute Gasteiger partial charge is 0.478 e. The first kappa shape index (κ1) is 20.4. The number of anilines is 2. The van der Waals surface area contributed by atoms with Gasteiger partial charge in [-0.05, 0) is 49.6 Å².